The molecule has 3 N–H and O–H groups in total. The normalized spacial score (nSPS) is 20.2. The van der Waals surface area contributed by atoms with E-state index in [-0.39, 0.29) is 11.5 Å². The van der Waals surface area contributed by atoms with Gasteiger partial charge in [0, 0.05) is 0 Å². The van der Waals surface area contributed by atoms with Gasteiger partial charge in [-0.15, -0.1) is 10.8 Å². The number of benzene rings is 2. The van der Waals surface area contributed by atoms with Gasteiger partial charge in [0.05, 0.1) is 16.6 Å². The first-order valence-corrected chi connectivity index (χ1v) is 9.76. The van der Waals surface area contributed by atoms with Crippen LogP contribution in [0.3, 0.4) is 0 Å². The lowest BCUT2D eigenvalue weighted by atomic mass is 10.0. The molecule has 1 unspecified atom stereocenters. The summed E-state index contributed by atoms with van der Waals surface area (Å²) in [6, 6.07) is 10.1. The average Bonchev–Trinajstić information content (AvgIpc) is 2.57. The minimum Gasteiger partial charge on any atom is -0.320 e. The van der Waals surface area contributed by atoms with Crippen molar-refractivity contribution in [2.45, 2.75) is 24.5 Å². The van der Waals surface area contributed by atoms with E-state index in [1.165, 1.54) is 34.6 Å². The third kappa shape index (κ3) is 3.50. The van der Waals surface area contributed by atoms with E-state index in [1.807, 2.05) is 7.05 Å². The molecular formula is C18H22F2N2O2S. The van der Waals surface area contributed by atoms with Crippen molar-refractivity contribution < 1.29 is 17.9 Å². The van der Waals surface area contributed by atoms with Crippen LogP contribution in [0.2, 0.25) is 0 Å². The zero-order valence-corrected chi connectivity index (χ0v) is 14.8. The Kier molecular flexibility index (Phi) is 5.29. The second-order valence-electron chi connectivity index (χ2n) is 6.15. The first-order valence-electron chi connectivity index (χ1n) is 8.20. The number of hydrogen-bond acceptors (Lipinski definition) is 4. The Morgan fingerprint density at radius 1 is 1.16 bits per heavy atom. The summed E-state index contributed by atoms with van der Waals surface area (Å²) in [6.45, 7) is 0.738. The summed E-state index contributed by atoms with van der Waals surface area (Å²) in [5.41, 5.74) is 1.19. The second kappa shape index (κ2) is 7.29. The molecule has 0 aromatic heterocycles. The highest BCUT2D eigenvalue weighted by Crippen LogP contribution is 2.61. The van der Waals surface area contributed by atoms with Crippen LogP contribution in [0.5, 0.6) is 0 Å². The number of fused-ring (bicyclic) bond motifs is 1. The molecule has 0 saturated carbocycles. The molecule has 0 fully saturated rings. The summed E-state index contributed by atoms with van der Waals surface area (Å²) in [5, 5.41) is 2.54. The highest BCUT2D eigenvalue weighted by Gasteiger charge is 2.40. The summed E-state index contributed by atoms with van der Waals surface area (Å²) in [4.78, 5) is 0. The molecule has 0 aliphatic carbocycles. The smallest absolute Gasteiger partial charge is 0.148 e. The van der Waals surface area contributed by atoms with E-state index >= 15 is 0 Å². The molecule has 25 heavy (non-hydrogen) atoms. The van der Waals surface area contributed by atoms with Crippen LogP contribution >= 0.6 is 10.8 Å². The van der Waals surface area contributed by atoms with Crippen LogP contribution in [0.4, 0.5) is 20.2 Å². The monoisotopic (exact) mass is 368 g/mol. The van der Waals surface area contributed by atoms with Gasteiger partial charge >= 0.3 is 0 Å². The van der Waals surface area contributed by atoms with Crippen LogP contribution < -0.4 is 9.62 Å². The molecule has 0 amide bonds. The lowest BCUT2D eigenvalue weighted by molar-refractivity contribution is 0.453. The van der Waals surface area contributed by atoms with E-state index in [2.05, 4.69) is 5.32 Å². The van der Waals surface area contributed by atoms with Gasteiger partial charge in [0.15, 0.2) is 0 Å². The zero-order valence-electron chi connectivity index (χ0n) is 14.0. The molecule has 2 aromatic carbocycles. The maximum Gasteiger partial charge on any atom is 0.148 e. The zero-order chi connectivity index (χ0) is 18.0. The van der Waals surface area contributed by atoms with Gasteiger partial charge in [0.25, 0.3) is 0 Å². The van der Waals surface area contributed by atoms with Crippen LogP contribution in [0.1, 0.15) is 18.4 Å². The van der Waals surface area contributed by atoms with E-state index in [0.29, 0.717) is 24.1 Å². The average molecular weight is 368 g/mol. The number of rotatable bonds is 5. The van der Waals surface area contributed by atoms with Crippen molar-refractivity contribution >= 4 is 22.2 Å². The molecule has 1 aliphatic rings. The quantitative estimate of drug-likeness (QED) is 0.670. The molecule has 1 atom stereocenters. The van der Waals surface area contributed by atoms with Gasteiger partial charge < -0.3 is 5.32 Å². The van der Waals surface area contributed by atoms with Gasteiger partial charge in [0.2, 0.25) is 0 Å². The fourth-order valence-corrected chi connectivity index (χ4v) is 5.31. The van der Waals surface area contributed by atoms with Crippen molar-refractivity contribution in [3.8, 4) is 0 Å². The van der Waals surface area contributed by atoms with Crippen LogP contribution in [0, 0.1) is 11.6 Å². The Morgan fingerprint density at radius 2 is 1.92 bits per heavy atom. The number of para-hydroxylation sites is 1. The van der Waals surface area contributed by atoms with Crippen molar-refractivity contribution in [2.24, 2.45) is 0 Å². The molecule has 4 nitrogen and oxygen atoms in total. The SMILES string of the molecule is CNCCCC1Cc2cc(F)ccc2N(c2ccccc2F)S1(O)O. The molecule has 7 heteroatoms. The number of nitrogens with one attached hydrogen (secondary N) is 1. The van der Waals surface area contributed by atoms with Gasteiger partial charge in [0.1, 0.15) is 11.6 Å². The Balaban J connectivity index is 2.08. The van der Waals surface area contributed by atoms with Gasteiger partial charge in [-0.1, -0.05) is 12.1 Å². The topological polar surface area (TPSA) is 55.7 Å². The molecule has 0 radical (unpaired) electrons. The third-order valence-corrected chi connectivity index (χ3v) is 6.68. The summed E-state index contributed by atoms with van der Waals surface area (Å²) >= 11 is 0. The number of nitrogens with zero attached hydrogens (tertiary/aromatic N) is 1. The van der Waals surface area contributed by atoms with E-state index < -0.39 is 21.8 Å². The van der Waals surface area contributed by atoms with E-state index in [9.17, 15) is 17.9 Å². The Bertz CT molecular complexity index is 758. The maximum atomic E-state index is 14.4. The minimum atomic E-state index is -3.30. The van der Waals surface area contributed by atoms with Crippen molar-refractivity contribution in [2.75, 3.05) is 17.9 Å². The Morgan fingerprint density at radius 3 is 2.64 bits per heavy atom. The predicted molar refractivity (Wildman–Crippen MR) is 98.4 cm³/mol. The highest BCUT2D eigenvalue weighted by atomic mass is 32.3. The maximum absolute atomic E-state index is 14.4. The molecule has 3 rings (SSSR count). The molecule has 1 aliphatic heterocycles. The molecule has 0 saturated heterocycles. The molecule has 0 spiro atoms. The fourth-order valence-electron chi connectivity index (χ4n) is 3.22. The summed E-state index contributed by atoms with van der Waals surface area (Å²) in [5.74, 6) is -0.937. The van der Waals surface area contributed by atoms with Crippen molar-refractivity contribution in [3.05, 3.63) is 59.7 Å². The van der Waals surface area contributed by atoms with E-state index in [0.717, 1.165) is 13.0 Å². The van der Waals surface area contributed by atoms with Crippen molar-refractivity contribution in [1.82, 2.24) is 5.32 Å². The van der Waals surface area contributed by atoms with E-state index in [1.54, 1.807) is 12.1 Å². The standard InChI is InChI=1S/C18H22F2N2O2S/c1-21-10-4-5-15-12-13-11-14(19)8-9-17(13)22(25(15,23)24)18-7-3-2-6-16(18)20/h2-3,6-9,11,15,21,23-24H,4-5,10,12H2,1H3. The van der Waals surface area contributed by atoms with Crippen LogP contribution in [0.15, 0.2) is 42.5 Å². The number of anilines is 2. The Hall–Kier alpha value is -1.67. The van der Waals surface area contributed by atoms with E-state index in [4.69, 9.17) is 0 Å². The van der Waals surface area contributed by atoms with Crippen molar-refractivity contribution in [1.29, 1.82) is 0 Å². The first kappa shape index (κ1) is 18.1. The molecular weight excluding hydrogens is 346 g/mol. The van der Waals surface area contributed by atoms with Gasteiger partial charge in [-0.05, 0) is 68.8 Å². The van der Waals surface area contributed by atoms with Gasteiger partial charge in [-0.3, -0.25) is 9.11 Å². The van der Waals surface area contributed by atoms with Gasteiger partial charge in [-0.25, -0.2) is 13.1 Å². The lowest BCUT2D eigenvalue weighted by Crippen LogP contribution is -2.38. The highest BCUT2D eigenvalue weighted by molar-refractivity contribution is 8.26. The molecule has 2 aromatic rings. The lowest BCUT2D eigenvalue weighted by Gasteiger charge is -2.53. The molecule has 0 bridgehead atoms. The predicted octanol–water partition coefficient (Wildman–Crippen LogP) is 4.69. The number of hydrogen-bond donors (Lipinski definition) is 3. The van der Waals surface area contributed by atoms with Crippen LogP contribution in [0.25, 0.3) is 0 Å². The van der Waals surface area contributed by atoms with Crippen LogP contribution in [-0.2, 0) is 6.42 Å². The first-order chi connectivity index (χ1) is 11.9. The third-order valence-electron chi connectivity index (χ3n) is 4.45. The molecule has 136 valence electrons. The fraction of sp³-hybridized carbons (Fsp3) is 0.333. The minimum absolute atomic E-state index is 0.0914. The van der Waals surface area contributed by atoms with Crippen LogP contribution in [-0.4, -0.2) is 27.9 Å². The largest absolute Gasteiger partial charge is 0.320 e. The Labute approximate surface area is 148 Å². The molecule has 1 heterocycles. The summed E-state index contributed by atoms with van der Waals surface area (Å²) < 4.78 is 51.3. The summed E-state index contributed by atoms with van der Waals surface area (Å²) in [7, 11) is -1.47. The van der Waals surface area contributed by atoms with Crippen molar-refractivity contribution in [3.63, 3.8) is 0 Å². The number of halogens is 2. The second-order valence-corrected chi connectivity index (χ2v) is 8.31. The summed E-state index contributed by atoms with van der Waals surface area (Å²) in [6.07, 6.45) is 1.64. The van der Waals surface area contributed by atoms with Gasteiger partial charge in [-0.2, -0.15) is 0 Å².